The van der Waals surface area contributed by atoms with Crippen molar-refractivity contribution in [3.63, 3.8) is 0 Å². The summed E-state index contributed by atoms with van der Waals surface area (Å²) in [5.41, 5.74) is -1.26. The van der Waals surface area contributed by atoms with Crippen LogP contribution in [0.5, 0.6) is 0 Å². The van der Waals surface area contributed by atoms with E-state index in [2.05, 4.69) is 25.6 Å². The number of hydrogen-bond donors (Lipinski definition) is 3. The first kappa shape index (κ1) is 19.4. The smallest absolute Gasteiger partial charge is 0.413 e. The quantitative estimate of drug-likeness (QED) is 0.646. The molecule has 5 atom stereocenters. The molecule has 0 aliphatic carbocycles. The van der Waals surface area contributed by atoms with Crippen LogP contribution < -0.4 is 16.0 Å². The van der Waals surface area contributed by atoms with E-state index in [9.17, 15) is 18.8 Å². The van der Waals surface area contributed by atoms with Gasteiger partial charge in [-0.2, -0.15) is 0 Å². The number of nitrogens with one attached hydrogen (secondary N) is 3. The lowest BCUT2D eigenvalue weighted by Gasteiger charge is -2.28. The van der Waals surface area contributed by atoms with Crippen molar-refractivity contribution in [3.8, 4) is 0 Å². The minimum atomic E-state index is -1.26. The second-order valence-corrected chi connectivity index (χ2v) is 8.04. The monoisotopic (exact) mass is 388 g/mol. The molecule has 3 saturated heterocycles. The van der Waals surface area contributed by atoms with Gasteiger partial charge in [-0.15, -0.1) is 0 Å². The number of piperidine rings is 1. The van der Waals surface area contributed by atoms with E-state index in [1.165, 1.54) is 0 Å². The van der Waals surface area contributed by atoms with Crippen molar-refractivity contribution in [2.24, 2.45) is 5.92 Å². The van der Waals surface area contributed by atoms with E-state index in [0.717, 1.165) is 37.6 Å². The van der Waals surface area contributed by atoms with Crippen molar-refractivity contribution in [3.05, 3.63) is 0 Å². The lowest BCUT2D eigenvalue weighted by molar-refractivity contribution is -0.126. The fourth-order valence-corrected chi connectivity index (χ4v) is 4.93. The Balaban J connectivity index is 1.55. The van der Waals surface area contributed by atoms with Crippen molar-refractivity contribution >= 4 is 29.7 Å². The van der Waals surface area contributed by atoms with Crippen molar-refractivity contribution in [2.45, 2.75) is 55.7 Å². The third-order valence-corrected chi connectivity index (χ3v) is 6.19. The molecule has 0 spiro atoms. The Bertz CT molecular complexity index is 552. The van der Waals surface area contributed by atoms with E-state index >= 15 is 0 Å². The molecule has 3 amide bonds. The number of imide groups is 1. The van der Waals surface area contributed by atoms with Gasteiger partial charge < -0.3 is 10.1 Å². The van der Waals surface area contributed by atoms with E-state index in [1.807, 2.05) is 0 Å². The molecule has 146 valence electrons. The van der Waals surface area contributed by atoms with Crippen LogP contribution >= 0.6 is 11.8 Å². The largest absolute Gasteiger partial charge is 0.450 e. The van der Waals surface area contributed by atoms with E-state index in [4.69, 9.17) is 0 Å². The summed E-state index contributed by atoms with van der Waals surface area (Å²) in [6.45, 7) is 3.34. The van der Waals surface area contributed by atoms with Crippen LogP contribution in [0.3, 0.4) is 0 Å². The van der Waals surface area contributed by atoms with Gasteiger partial charge in [-0.3, -0.25) is 25.1 Å². The second-order valence-electron chi connectivity index (χ2n) is 6.75. The number of thioether (sulfide) groups is 1. The van der Waals surface area contributed by atoms with Crippen LogP contribution in [0.1, 0.15) is 32.6 Å². The fraction of sp³-hybridized carbons (Fsp3) is 0.812. The molecule has 0 aromatic rings. The number of hydrogen-bond acceptors (Lipinski definition) is 7. The predicted molar refractivity (Wildman–Crippen MR) is 93.8 cm³/mol. The Morgan fingerprint density at radius 3 is 2.85 bits per heavy atom. The first-order chi connectivity index (χ1) is 12.5. The normalized spacial score (nSPS) is 34.2. The first-order valence-corrected chi connectivity index (χ1v) is 10.00. The van der Waals surface area contributed by atoms with Gasteiger partial charge in [-0.25, -0.2) is 9.18 Å². The highest BCUT2D eigenvalue weighted by atomic mass is 32.2. The molecule has 3 N–H and O–H groups in total. The van der Waals surface area contributed by atoms with Gasteiger partial charge in [0.15, 0.2) is 0 Å². The van der Waals surface area contributed by atoms with Crippen LogP contribution in [0.4, 0.5) is 9.18 Å². The van der Waals surface area contributed by atoms with Gasteiger partial charge in [0.05, 0.1) is 24.1 Å². The highest BCUT2D eigenvalue weighted by Crippen LogP contribution is 2.38. The molecule has 3 heterocycles. The van der Waals surface area contributed by atoms with Crippen LogP contribution in [0.15, 0.2) is 0 Å². The number of carbonyl (C=O) groups excluding carboxylic acids is 3. The summed E-state index contributed by atoms with van der Waals surface area (Å²) in [5.74, 6) is -1.68. The minimum Gasteiger partial charge on any atom is -0.450 e. The summed E-state index contributed by atoms with van der Waals surface area (Å²) >= 11 is 0.902. The molecule has 3 aliphatic rings. The molecule has 3 fully saturated rings. The molecular formula is C16H25FN4O4S. The number of halogens is 1. The number of carbonyl (C=O) groups is 3. The number of fused-ring (bicyclic) bond motifs is 1. The summed E-state index contributed by atoms with van der Waals surface area (Å²) < 4.78 is 18.5. The zero-order chi connectivity index (χ0) is 18.7. The topological polar surface area (TPSA) is 99.8 Å². The highest BCUT2D eigenvalue weighted by molar-refractivity contribution is 8.00. The molecule has 0 aromatic heterocycles. The Labute approximate surface area is 155 Å². The van der Waals surface area contributed by atoms with Crippen LogP contribution in [0, 0.1) is 5.92 Å². The molecule has 3 aliphatic heterocycles. The van der Waals surface area contributed by atoms with Crippen LogP contribution in [-0.4, -0.2) is 65.6 Å². The second kappa shape index (κ2) is 8.53. The van der Waals surface area contributed by atoms with Gasteiger partial charge in [0, 0.05) is 13.0 Å². The molecule has 0 aromatic carbocycles. The average molecular weight is 388 g/mol. The molecule has 0 radical (unpaired) electrons. The average Bonchev–Trinajstić information content (AvgIpc) is 3.18. The van der Waals surface area contributed by atoms with Crippen molar-refractivity contribution in [2.75, 3.05) is 19.7 Å². The summed E-state index contributed by atoms with van der Waals surface area (Å²) in [5, 5.41) is 7.49. The van der Waals surface area contributed by atoms with Gasteiger partial charge in [0.1, 0.15) is 11.5 Å². The molecule has 5 unspecified atom stereocenters. The first-order valence-electron chi connectivity index (χ1n) is 9.05. The van der Waals surface area contributed by atoms with Crippen LogP contribution in [0.25, 0.3) is 0 Å². The number of nitrogens with zero attached hydrogens (tertiary/aromatic N) is 1. The van der Waals surface area contributed by atoms with Gasteiger partial charge in [-0.1, -0.05) is 11.8 Å². The van der Waals surface area contributed by atoms with Gasteiger partial charge in [0.25, 0.3) is 0 Å². The zero-order valence-electron chi connectivity index (χ0n) is 14.7. The SMILES string of the molecule is CCOC(=O)NC(=O)C1CC(F)SC1NC(=O)C1CN2CCCCC2N1. The number of alkyl carbamates (subject to hydrolysis) is 1. The Kier molecular flexibility index (Phi) is 6.36. The summed E-state index contributed by atoms with van der Waals surface area (Å²) in [6, 6.07) is -0.369. The van der Waals surface area contributed by atoms with E-state index < -0.39 is 28.8 Å². The minimum absolute atomic E-state index is 0.0479. The summed E-state index contributed by atoms with van der Waals surface area (Å²) in [4.78, 5) is 38.5. The van der Waals surface area contributed by atoms with Gasteiger partial charge in [-0.05, 0) is 32.7 Å². The molecule has 0 bridgehead atoms. The van der Waals surface area contributed by atoms with Crippen molar-refractivity contribution < 1.29 is 23.5 Å². The summed E-state index contributed by atoms with van der Waals surface area (Å²) in [7, 11) is 0. The molecule has 8 nitrogen and oxygen atoms in total. The predicted octanol–water partition coefficient (Wildman–Crippen LogP) is 0.534. The Hall–Kier alpha value is -1.39. The zero-order valence-corrected chi connectivity index (χ0v) is 15.5. The standard InChI is InChI=1S/C16H25FN4O4S/c1-2-25-16(24)20-13(22)9-7-11(17)26-15(9)19-14(23)10-8-21-6-4-3-5-12(21)18-10/h9-12,15,18H,2-8H2,1H3,(H,19,23)(H,20,22,24). The van der Waals surface area contributed by atoms with E-state index in [0.29, 0.717) is 6.54 Å². The number of ether oxygens (including phenoxy) is 1. The number of rotatable bonds is 4. The fourth-order valence-electron chi connectivity index (χ4n) is 3.69. The van der Waals surface area contributed by atoms with E-state index in [1.54, 1.807) is 6.92 Å². The lowest BCUT2D eigenvalue weighted by atomic mass is 10.1. The Morgan fingerprint density at radius 2 is 2.12 bits per heavy atom. The van der Waals surface area contributed by atoms with Crippen LogP contribution in [0.2, 0.25) is 0 Å². The molecular weight excluding hydrogens is 363 g/mol. The number of alkyl halides is 1. The third kappa shape index (κ3) is 4.47. The molecule has 0 saturated carbocycles. The van der Waals surface area contributed by atoms with Crippen molar-refractivity contribution in [1.82, 2.24) is 20.9 Å². The maximum absolute atomic E-state index is 13.8. The molecule has 3 rings (SSSR count). The van der Waals surface area contributed by atoms with Gasteiger partial charge >= 0.3 is 6.09 Å². The van der Waals surface area contributed by atoms with E-state index in [-0.39, 0.29) is 31.1 Å². The summed E-state index contributed by atoms with van der Waals surface area (Å²) in [6.07, 6.45) is 2.59. The Morgan fingerprint density at radius 1 is 1.31 bits per heavy atom. The third-order valence-electron chi connectivity index (χ3n) is 4.96. The van der Waals surface area contributed by atoms with Crippen LogP contribution in [-0.2, 0) is 14.3 Å². The van der Waals surface area contributed by atoms with Gasteiger partial charge in [0.2, 0.25) is 11.8 Å². The van der Waals surface area contributed by atoms with Crippen molar-refractivity contribution in [1.29, 1.82) is 0 Å². The molecule has 26 heavy (non-hydrogen) atoms. The maximum atomic E-state index is 13.8. The number of amides is 3. The highest BCUT2D eigenvalue weighted by Gasteiger charge is 2.43. The maximum Gasteiger partial charge on any atom is 0.413 e. The lowest BCUT2D eigenvalue weighted by Crippen LogP contribution is -2.50. The molecule has 10 heteroatoms.